The van der Waals surface area contributed by atoms with Crippen molar-refractivity contribution in [2.75, 3.05) is 0 Å². The molecule has 1 unspecified atom stereocenters. The van der Waals surface area contributed by atoms with Crippen LogP contribution in [0.15, 0.2) is 48.5 Å². The fourth-order valence-electron chi connectivity index (χ4n) is 1.88. The predicted molar refractivity (Wildman–Crippen MR) is 75.8 cm³/mol. The van der Waals surface area contributed by atoms with Crippen LogP contribution in [0.4, 0.5) is 0 Å². The van der Waals surface area contributed by atoms with Gasteiger partial charge in [-0.2, -0.15) is 0 Å². The molecule has 0 aliphatic carbocycles. The molecule has 0 radical (unpaired) electrons. The van der Waals surface area contributed by atoms with Crippen molar-refractivity contribution in [2.24, 2.45) is 0 Å². The lowest BCUT2D eigenvalue weighted by Gasteiger charge is -2.08. The molecule has 108 valence electrons. The normalized spacial score (nSPS) is 11.7. The standard InChI is InChI=1S/C16H14O5/c1-10(17)21-14-8-6-12(7-9-14)11-2-4-13(5-3-11)15(18)16(19)20/h2-9,15,18H,1H3,(H,19,20). The number of carboxylic acid groups (broad SMARTS) is 1. The summed E-state index contributed by atoms with van der Waals surface area (Å²) < 4.78 is 4.94. The average Bonchev–Trinajstić information content (AvgIpc) is 2.47. The number of ether oxygens (including phenoxy) is 1. The molecule has 2 rings (SSSR count). The minimum atomic E-state index is -1.52. The fourth-order valence-corrected chi connectivity index (χ4v) is 1.88. The van der Waals surface area contributed by atoms with Crippen LogP contribution in [-0.4, -0.2) is 22.2 Å². The molecule has 0 spiro atoms. The summed E-state index contributed by atoms with van der Waals surface area (Å²) in [4.78, 5) is 21.5. The molecule has 5 nitrogen and oxygen atoms in total. The first kappa shape index (κ1) is 14.7. The van der Waals surface area contributed by atoms with E-state index in [0.717, 1.165) is 11.1 Å². The second-order valence-electron chi connectivity index (χ2n) is 4.48. The number of carbonyl (C=O) groups is 2. The van der Waals surface area contributed by atoms with Gasteiger partial charge in [-0.05, 0) is 28.8 Å². The van der Waals surface area contributed by atoms with Gasteiger partial charge in [0, 0.05) is 6.92 Å². The van der Waals surface area contributed by atoms with Crippen molar-refractivity contribution in [3.05, 3.63) is 54.1 Å². The van der Waals surface area contributed by atoms with Gasteiger partial charge in [0.05, 0.1) is 0 Å². The van der Waals surface area contributed by atoms with Gasteiger partial charge in [0.25, 0.3) is 0 Å². The van der Waals surface area contributed by atoms with E-state index in [9.17, 15) is 14.7 Å². The summed E-state index contributed by atoms with van der Waals surface area (Å²) >= 11 is 0. The number of hydrogen-bond donors (Lipinski definition) is 2. The van der Waals surface area contributed by atoms with Gasteiger partial charge in [0.1, 0.15) is 5.75 Å². The third kappa shape index (κ3) is 3.67. The van der Waals surface area contributed by atoms with Crippen molar-refractivity contribution in [3.8, 4) is 16.9 Å². The zero-order chi connectivity index (χ0) is 15.4. The van der Waals surface area contributed by atoms with Crippen molar-refractivity contribution in [1.82, 2.24) is 0 Å². The van der Waals surface area contributed by atoms with E-state index in [1.165, 1.54) is 6.92 Å². The van der Waals surface area contributed by atoms with Crippen LogP contribution in [0.2, 0.25) is 0 Å². The second-order valence-corrected chi connectivity index (χ2v) is 4.48. The Hall–Kier alpha value is -2.66. The van der Waals surface area contributed by atoms with Gasteiger partial charge < -0.3 is 14.9 Å². The second kappa shape index (κ2) is 6.19. The fraction of sp³-hybridized carbons (Fsp3) is 0.125. The van der Waals surface area contributed by atoms with Crippen LogP contribution < -0.4 is 4.74 Å². The lowest BCUT2D eigenvalue weighted by atomic mass is 10.0. The van der Waals surface area contributed by atoms with E-state index in [4.69, 9.17) is 9.84 Å². The van der Waals surface area contributed by atoms with Crippen LogP contribution in [0, 0.1) is 0 Å². The van der Waals surface area contributed by atoms with E-state index < -0.39 is 12.1 Å². The van der Waals surface area contributed by atoms with Crippen LogP contribution in [0.1, 0.15) is 18.6 Å². The van der Waals surface area contributed by atoms with E-state index >= 15 is 0 Å². The smallest absolute Gasteiger partial charge is 0.337 e. The van der Waals surface area contributed by atoms with Crippen molar-refractivity contribution < 1.29 is 24.5 Å². The Bertz CT molecular complexity index is 643. The van der Waals surface area contributed by atoms with Crippen LogP contribution in [0.25, 0.3) is 11.1 Å². The van der Waals surface area contributed by atoms with E-state index in [-0.39, 0.29) is 5.97 Å². The number of carboxylic acids is 1. The Kier molecular flexibility index (Phi) is 4.35. The Morgan fingerprint density at radius 2 is 1.43 bits per heavy atom. The summed E-state index contributed by atoms with van der Waals surface area (Å²) in [6.45, 7) is 1.33. The molecule has 1 atom stereocenters. The van der Waals surface area contributed by atoms with Gasteiger partial charge in [-0.3, -0.25) is 4.79 Å². The lowest BCUT2D eigenvalue weighted by Crippen LogP contribution is -2.10. The number of aliphatic hydroxyl groups excluding tert-OH is 1. The number of benzene rings is 2. The van der Waals surface area contributed by atoms with Crippen molar-refractivity contribution in [1.29, 1.82) is 0 Å². The quantitative estimate of drug-likeness (QED) is 0.666. The molecule has 21 heavy (non-hydrogen) atoms. The maximum absolute atomic E-state index is 10.8. The largest absolute Gasteiger partial charge is 0.479 e. The number of hydrogen-bond acceptors (Lipinski definition) is 4. The summed E-state index contributed by atoms with van der Waals surface area (Å²) in [6, 6.07) is 13.5. The van der Waals surface area contributed by atoms with Crippen molar-refractivity contribution >= 4 is 11.9 Å². The minimum absolute atomic E-state index is 0.322. The highest BCUT2D eigenvalue weighted by Crippen LogP contribution is 2.24. The van der Waals surface area contributed by atoms with Gasteiger partial charge in [0.15, 0.2) is 6.10 Å². The van der Waals surface area contributed by atoms with Crippen LogP contribution in [0.3, 0.4) is 0 Å². The molecule has 2 aromatic rings. The first-order valence-electron chi connectivity index (χ1n) is 6.27. The molecule has 0 amide bonds. The highest BCUT2D eigenvalue weighted by Gasteiger charge is 2.15. The molecule has 0 saturated carbocycles. The number of esters is 1. The number of rotatable bonds is 4. The third-order valence-corrected chi connectivity index (χ3v) is 2.91. The molecule has 0 aromatic heterocycles. The molecule has 5 heteroatoms. The van der Waals surface area contributed by atoms with Crippen LogP contribution in [0.5, 0.6) is 5.75 Å². The zero-order valence-corrected chi connectivity index (χ0v) is 11.3. The van der Waals surface area contributed by atoms with E-state index in [1.54, 1.807) is 48.5 Å². The van der Waals surface area contributed by atoms with E-state index in [2.05, 4.69) is 0 Å². The Morgan fingerprint density at radius 3 is 1.86 bits per heavy atom. The summed E-state index contributed by atoms with van der Waals surface area (Å²) in [7, 11) is 0. The first-order chi connectivity index (χ1) is 9.97. The topological polar surface area (TPSA) is 83.8 Å². The van der Waals surface area contributed by atoms with Gasteiger partial charge in [-0.25, -0.2) is 4.79 Å². The predicted octanol–water partition coefficient (Wildman–Crippen LogP) is 2.40. The molecule has 0 bridgehead atoms. The lowest BCUT2D eigenvalue weighted by molar-refractivity contribution is -0.147. The van der Waals surface area contributed by atoms with Crippen molar-refractivity contribution in [2.45, 2.75) is 13.0 Å². The summed E-state index contributed by atoms with van der Waals surface area (Å²) in [5.74, 6) is -1.20. The maximum atomic E-state index is 10.8. The molecule has 0 fully saturated rings. The molecule has 0 aliphatic rings. The molecule has 2 aromatic carbocycles. The van der Waals surface area contributed by atoms with Gasteiger partial charge in [-0.1, -0.05) is 36.4 Å². The molecule has 0 heterocycles. The maximum Gasteiger partial charge on any atom is 0.337 e. The van der Waals surface area contributed by atoms with Gasteiger partial charge in [0.2, 0.25) is 0 Å². The summed E-state index contributed by atoms with van der Waals surface area (Å²) in [6.07, 6.45) is -1.52. The zero-order valence-electron chi connectivity index (χ0n) is 11.3. The summed E-state index contributed by atoms with van der Waals surface area (Å²) in [5.41, 5.74) is 2.08. The Labute approximate surface area is 121 Å². The minimum Gasteiger partial charge on any atom is -0.479 e. The SMILES string of the molecule is CC(=O)Oc1ccc(-c2ccc(C(O)C(=O)O)cc2)cc1. The van der Waals surface area contributed by atoms with Crippen molar-refractivity contribution in [3.63, 3.8) is 0 Å². The number of aliphatic carboxylic acids is 1. The van der Waals surface area contributed by atoms with E-state index in [1.807, 2.05) is 0 Å². The summed E-state index contributed by atoms with van der Waals surface area (Å²) in [5, 5.41) is 18.2. The van der Waals surface area contributed by atoms with E-state index in [0.29, 0.717) is 11.3 Å². The third-order valence-electron chi connectivity index (χ3n) is 2.91. The monoisotopic (exact) mass is 286 g/mol. The van der Waals surface area contributed by atoms with Gasteiger partial charge >= 0.3 is 11.9 Å². The molecule has 2 N–H and O–H groups in total. The number of aliphatic hydroxyl groups is 1. The molecular weight excluding hydrogens is 272 g/mol. The van der Waals surface area contributed by atoms with Gasteiger partial charge in [-0.15, -0.1) is 0 Å². The molecular formula is C16H14O5. The first-order valence-corrected chi connectivity index (χ1v) is 6.27. The van der Waals surface area contributed by atoms with Crippen LogP contribution in [-0.2, 0) is 9.59 Å². The highest BCUT2D eigenvalue weighted by atomic mass is 16.5. The Morgan fingerprint density at radius 1 is 0.952 bits per heavy atom. The number of carbonyl (C=O) groups excluding carboxylic acids is 1. The highest BCUT2D eigenvalue weighted by molar-refractivity contribution is 5.75. The molecule has 0 saturated heterocycles. The Balaban J connectivity index is 2.18. The average molecular weight is 286 g/mol. The molecule has 0 aliphatic heterocycles. The van der Waals surface area contributed by atoms with Crippen LogP contribution >= 0.6 is 0 Å².